The minimum atomic E-state index is -4.33. The monoisotopic (exact) mass is 379 g/mol. The molecule has 8 nitrogen and oxygen atoms in total. The maximum absolute atomic E-state index is 12.6. The zero-order valence-corrected chi connectivity index (χ0v) is 15.1. The normalized spacial score (nSPS) is 12.8. The number of ether oxygens (including phenoxy) is 2. The third kappa shape index (κ3) is 4.37. The number of aliphatic carboxylic acids is 1. The van der Waals surface area contributed by atoms with Crippen molar-refractivity contribution in [2.75, 3.05) is 14.2 Å². The third-order valence-corrected chi connectivity index (χ3v) is 4.80. The van der Waals surface area contributed by atoms with Crippen molar-refractivity contribution in [2.45, 2.75) is 24.8 Å². The largest absolute Gasteiger partial charge is 0.494 e. The van der Waals surface area contributed by atoms with Crippen LogP contribution in [0.4, 0.5) is 0 Å². The Bertz CT molecular complexity index is 746. The highest BCUT2D eigenvalue weighted by Crippen LogP contribution is 2.32. The average molecular weight is 380 g/mol. The standard InChI is InChI=1S/C14H18ClNO7S/c1-7(2)11(13(17)18)16-24(20,21)10-6-8(15)5-9(12(10)22-3)14(19)23-4/h5-7,11,16H,1-4H3,(H,17,18)/t11-/m0/s1. The fourth-order valence-corrected chi connectivity index (χ4v) is 3.78. The molecule has 0 heterocycles. The van der Waals surface area contributed by atoms with Gasteiger partial charge in [0, 0.05) is 5.02 Å². The molecule has 0 spiro atoms. The number of rotatable bonds is 7. The van der Waals surface area contributed by atoms with Gasteiger partial charge in [-0.1, -0.05) is 25.4 Å². The van der Waals surface area contributed by atoms with Gasteiger partial charge in [0.05, 0.1) is 14.2 Å². The van der Waals surface area contributed by atoms with E-state index in [1.165, 1.54) is 13.2 Å². The predicted octanol–water partition coefficient (Wildman–Crippen LogP) is 1.52. The fraction of sp³-hybridized carbons (Fsp3) is 0.429. The van der Waals surface area contributed by atoms with E-state index in [1.54, 1.807) is 13.8 Å². The van der Waals surface area contributed by atoms with E-state index in [0.717, 1.165) is 13.2 Å². The molecular weight excluding hydrogens is 362 g/mol. The zero-order valence-electron chi connectivity index (χ0n) is 13.5. The molecule has 0 saturated carbocycles. The first-order valence-corrected chi connectivity index (χ1v) is 8.62. The van der Waals surface area contributed by atoms with Gasteiger partial charge >= 0.3 is 11.9 Å². The van der Waals surface area contributed by atoms with Crippen LogP contribution in [0.2, 0.25) is 5.02 Å². The highest BCUT2D eigenvalue weighted by Gasteiger charge is 2.32. The van der Waals surface area contributed by atoms with Crippen molar-refractivity contribution in [3.05, 3.63) is 22.7 Å². The Hall–Kier alpha value is -1.84. The lowest BCUT2D eigenvalue weighted by atomic mass is 10.1. The first-order chi connectivity index (χ1) is 11.0. The predicted molar refractivity (Wildman–Crippen MR) is 85.9 cm³/mol. The molecular formula is C14H18ClNO7S. The van der Waals surface area contributed by atoms with Crippen LogP contribution in [0, 0.1) is 5.92 Å². The quantitative estimate of drug-likeness (QED) is 0.689. The summed E-state index contributed by atoms with van der Waals surface area (Å²) < 4.78 is 36.8. The minimum Gasteiger partial charge on any atom is -0.494 e. The summed E-state index contributed by atoms with van der Waals surface area (Å²) in [6.45, 7) is 3.10. The second kappa shape index (κ2) is 7.82. The molecule has 0 amide bonds. The molecule has 0 aromatic heterocycles. The molecule has 24 heavy (non-hydrogen) atoms. The van der Waals surface area contributed by atoms with E-state index in [0.29, 0.717) is 0 Å². The summed E-state index contributed by atoms with van der Waals surface area (Å²) in [6, 6.07) is 0.900. The molecule has 1 aromatic carbocycles. The van der Waals surface area contributed by atoms with Crippen LogP contribution in [0.3, 0.4) is 0 Å². The molecule has 1 rings (SSSR count). The summed E-state index contributed by atoms with van der Waals surface area (Å²) in [4.78, 5) is 22.6. The molecule has 10 heteroatoms. The second-order valence-corrected chi connectivity index (χ2v) is 7.28. The van der Waals surface area contributed by atoms with Crippen molar-refractivity contribution in [1.29, 1.82) is 0 Å². The SMILES string of the molecule is COC(=O)c1cc(Cl)cc(S(=O)(=O)N[C@H](C(=O)O)C(C)C)c1OC. The Balaban J connectivity index is 3.51. The summed E-state index contributed by atoms with van der Waals surface area (Å²) in [6.07, 6.45) is 0. The van der Waals surface area contributed by atoms with Crippen molar-refractivity contribution in [3.8, 4) is 5.75 Å². The summed E-state index contributed by atoms with van der Waals surface area (Å²) in [5.41, 5.74) is -0.190. The Morgan fingerprint density at radius 1 is 1.25 bits per heavy atom. The van der Waals surface area contributed by atoms with Gasteiger partial charge in [-0.3, -0.25) is 4.79 Å². The van der Waals surface area contributed by atoms with Crippen molar-refractivity contribution < 1.29 is 32.6 Å². The number of carboxylic acids is 1. The van der Waals surface area contributed by atoms with Crippen molar-refractivity contribution in [2.24, 2.45) is 5.92 Å². The van der Waals surface area contributed by atoms with Crippen molar-refractivity contribution >= 4 is 33.6 Å². The van der Waals surface area contributed by atoms with Gasteiger partial charge in [-0.05, 0) is 18.1 Å². The molecule has 134 valence electrons. The van der Waals surface area contributed by atoms with Crippen LogP contribution in [0.5, 0.6) is 5.75 Å². The second-order valence-electron chi connectivity index (χ2n) is 5.16. The number of esters is 1. The van der Waals surface area contributed by atoms with Gasteiger partial charge in [0.15, 0.2) is 5.75 Å². The number of halogens is 1. The lowest BCUT2D eigenvalue weighted by Gasteiger charge is -2.20. The van der Waals surface area contributed by atoms with E-state index in [2.05, 4.69) is 9.46 Å². The van der Waals surface area contributed by atoms with E-state index >= 15 is 0 Å². The number of hydrogen-bond donors (Lipinski definition) is 2. The summed E-state index contributed by atoms with van der Waals surface area (Å²) in [7, 11) is -2.04. The average Bonchev–Trinajstić information content (AvgIpc) is 2.50. The maximum Gasteiger partial charge on any atom is 0.341 e. The zero-order chi connectivity index (χ0) is 18.7. The van der Waals surface area contributed by atoms with Gasteiger partial charge in [-0.15, -0.1) is 0 Å². The summed E-state index contributed by atoms with van der Waals surface area (Å²) >= 11 is 5.88. The third-order valence-electron chi connectivity index (χ3n) is 3.13. The number of carbonyl (C=O) groups excluding carboxylic acids is 1. The highest BCUT2D eigenvalue weighted by molar-refractivity contribution is 7.89. The maximum atomic E-state index is 12.6. The Morgan fingerprint density at radius 3 is 2.25 bits per heavy atom. The lowest BCUT2D eigenvalue weighted by molar-refractivity contribution is -0.140. The highest BCUT2D eigenvalue weighted by atomic mass is 35.5. The van der Waals surface area contributed by atoms with Crippen LogP contribution in [0.25, 0.3) is 0 Å². The molecule has 0 saturated heterocycles. The number of sulfonamides is 1. The van der Waals surface area contributed by atoms with Crippen LogP contribution in [0.15, 0.2) is 17.0 Å². The van der Waals surface area contributed by atoms with Gasteiger partial charge in [0.2, 0.25) is 10.0 Å². The van der Waals surface area contributed by atoms with Crippen molar-refractivity contribution in [3.63, 3.8) is 0 Å². The smallest absolute Gasteiger partial charge is 0.341 e. The Kier molecular flexibility index (Phi) is 6.58. The molecule has 0 unspecified atom stereocenters. The Labute approximate surface area is 144 Å². The van der Waals surface area contributed by atoms with Crippen LogP contribution >= 0.6 is 11.6 Å². The van der Waals surface area contributed by atoms with E-state index in [9.17, 15) is 18.0 Å². The number of carboxylic acid groups (broad SMARTS) is 1. The van der Waals surface area contributed by atoms with E-state index in [4.69, 9.17) is 21.4 Å². The molecule has 1 aromatic rings. The fourth-order valence-electron chi connectivity index (χ4n) is 1.94. The number of nitrogens with one attached hydrogen (secondary N) is 1. The number of benzene rings is 1. The van der Waals surface area contributed by atoms with Gasteiger partial charge in [0.1, 0.15) is 16.5 Å². The minimum absolute atomic E-state index is 0.0482. The number of hydrogen-bond acceptors (Lipinski definition) is 6. The molecule has 0 bridgehead atoms. The molecule has 0 aliphatic carbocycles. The lowest BCUT2D eigenvalue weighted by Crippen LogP contribution is -2.44. The summed E-state index contributed by atoms with van der Waals surface area (Å²) in [5.74, 6) is -2.97. The van der Waals surface area contributed by atoms with Crippen LogP contribution in [-0.2, 0) is 19.6 Å². The molecule has 0 fully saturated rings. The summed E-state index contributed by atoms with van der Waals surface area (Å²) in [5, 5.41) is 9.11. The van der Waals surface area contributed by atoms with Crippen LogP contribution < -0.4 is 9.46 Å². The molecule has 2 N–H and O–H groups in total. The van der Waals surface area contributed by atoms with Crippen LogP contribution in [0.1, 0.15) is 24.2 Å². The van der Waals surface area contributed by atoms with Gasteiger partial charge < -0.3 is 14.6 Å². The number of methoxy groups -OCH3 is 2. The first-order valence-electron chi connectivity index (χ1n) is 6.76. The van der Waals surface area contributed by atoms with E-state index in [1.807, 2.05) is 0 Å². The molecule has 0 aliphatic rings. The van der Waals surface area contributed by atoms with E-state index < -0.39 is 38.8 Å². The van der Waals surface area contributed by atoms with Gasteiger partial charge in [0.25, 0.3) is 0 Å². The topological polar surface area (TPSA) is 119 Å². The molecule has 1 atom stereocenters. The first kappa shape index (κ1) is 20.2. The van der Waals surface area contributed by atoms with Gasteiger partial charge in [-0.2, -0.15) is 4.72 Å². The van der Waals surface area contributed by atoms with Crippen LogP contribution in [-0.4, -0.2) is 45.7 Å². The Morgan fingerprint density at radius 2 is 1.83 bits per heavy atom. The molecule has 0 radical (unpaired) electrons. The van der Waals surface area contributed by atoms with Crippen molar-refractivity contribution in [1.82, 2.24) is 4.72 Å². The number of carbonyl (C=O) groups is 2. The van der Waals surface area contributed by atoms with E-state index in [-0.39, 0.29) is 16.3 Å². The molecule has 0 aliphatic heterocycles. The van der Waals surface area contributed by atoms with Gasteiger partial charge in [-0.25, -0.2) is 13.2 Å².